The molecule has 1 saturated heterocycles. The molecule has 1 N–H and O–H groups in total. The summed E-state index contributed by atoms with van der Waals surface area (Å²) in [4.78, 5) is 31.4. The molecule has 1 aromatic heterocycles. The number of rotatable bonds is 4. The number of amides is 2. The van der Waals surface area contributed by atoms with Crippen LogP contribution in [0.15, 0.2) is 59.0 Å². The molecule has 1 aliphatic rings. The van der Waals surface area contributed by atoms with Gasteiger partial charge in [-0.05, 0) is 44.0 Å². The first-order valence-electron chi connectivity index (χ1n) is 9.62. The number of nitrogens with one attached hydrogen (secondary N) is 1. The normalized spacial score (nSPS) is 16.1. The van der Waals surface area contributed by atoms with Crippen molar-refractivity contribution in [3.63, 3.8) is 0 Å². The van der Waals surface area contributed by atoms with E-state index in [4.69, 9.17) is 4.42 Å². The molecule has 1 fully saturated rings. The zero-order valence-corrected chi connectivity index (χ0v) is 15.8. The maximum absolute atomic E-state index is 12.7. The molecule has 2 heterocycles. The Morgan fingerprint density at radius 2 is 1.75 bits per heavy atom. The van der Waals surface area contributed by atoms with Crippen LogP contribution in [-0.2, 0) is 4.79 Å². The van der Waals surface area contributed by atoms with Crippen LogP contribution in [0.1, 0.15) is 41.9 Å². The lowest BCUT2D eigenvalue weighted by Gasteiger charge is -2.32. The topological polar surface area (TPSA) is 75.4 Å². The minimum absolute atomic E-state index is 0.0553. The molecule has 6 nitrogen and oxygen atoms in total. The molecule has 144 valence electrons. The van der Waals surface area contributed by atoms with Crippen molar-refractivity contribution < 1.29 is 14.0 Å². The monoisotopic (exact) mass is 377 g/mol. The van der Waals surface area contributed by atoms with Crippen molar-refractivity contribution in [2.75, 3.05) is 13.1 Å². The number of hydrogen-bond acceptors (Lipinski definition) is 4. The lowest BCUT2D eigenvalue weighted by molar-refractivity contribution is -0.133. The van der Waals surface area contributed by atoms with Crippen LogP contribution in [0.4, 0.5) is 0 Å². The van der Waals surface area contributed by atoms with E-state index in [9.17, 15) is 9.59 Å². The third-order valence-electron chi connectivity index (χ3n) is 5.22. The van der Waals surface area contributed by atoms with Gasteiger partial charge in [-0.3, -0.25) is 9.59 Å². The molecule has 0 saturated carbocycles. The van der Waals surface area contributed by atoms with Crippen LogP contribution < -0.4 is 5.32 Å². The van der Waals surface area contributed by atoms with E-state index in [1.807, 2.05) is 35.2 Å². The number of oxazole rings is 1. The fourth-order valence-electron chi connectivity index (χ4n) is 3.62. The Morgan fingerprint density at radius 1 is 1.07 bits per heavy atom. The van der Waals surface area contributed by atoms with Crippen LogP contribution in [-0.4, -0.2) is 40.8 Å². The average Bonchev–Trinajstić information content (AvgIpc) is 3.18. The number of carbonyl (C=O) groups is 2. The van der Waals surface area contributed by atoms with Crippen LogP contribution in [0, 0.1) is 0 Å². The molecule has 0 spiro atoms. The zero-order chi connectivity index (χ0) is 19.5. The van der Waals surface area contributed by atoms with Crippen molar-refractivity contribution >= 4 is 22.9 Å². The summed E-state index contributed by atoms with van der Waals surface area (Å²) in [5, 5.41) is 2.79. The van der Waals surface area contributed by atoms with E-state index in [2.05, 4.69) is 10.3 Å². The standard InChI is InChI=1S/C22H23N3O3/c1-15(23-20(26)16-7-3-2-4-8-16)22(27)25-13-11-17(12-14-25)21-24-18-9-5-6-10-19(18)28-21/h2-10,15,17H,11-14H2,1H3,(H,23,26)/t15-/m0/s1. The quantitative estimate of drug-likeness (QED) is 0.757. The van der Waals surface area contributed by atoms with Crippen molar-refractivity contribution in [1.29, 1.82) is 0 Å². The van der Waals surface area contributed by atoms with Gasteiger partial charge in [0, 0.05) is 24.6 Å². The highest BCUT2D eigenvalue weighted by atomic mass is 16.3. The predicted octanol–water partition coefficient (Wildman–Crippen LogP) is 3.35. The highest BCUT2D eigenvalue weighted by molar-refractivity contribution is 5.97. The lowest BCUT2D eigenvalue weighted by Crippen LogP contribution is -2.49. The van der Waals surface area contributed by atoms with Gasteiger partial charge in [-0.2, -0.15) is 0 Å². The van der Waals surface area contributed by atoms with Gasteiger partial charge in [0.15, 0.2) is 11.5 Å². The second-order valence-electron chi connectivity index (χ2n) is 7.18. The first kappa shape index (κ1) is 18.2. The van der Waals surface area contributed by atoms with Gasteiger partial charge in [-0.15, -0.1) is 0 Å². The number of para-hydroxylation sites is 2. The first-order valence-corrected chi connectivity index (χ1v) is 9.62. The van der Waals surface area contributed by atoms with E-state index in [1.165, 1.54) is 0 Å². The van der Waals surface area contributed by atoms with E-state index in [1.54, 1.807) is 31.2 Å². The van der Waals surface area contributed by atoms with Crippen molar-refractivity contribution in [1.82, 2.24) is 15.2 Å². The molecule has 2 amide bonds. The minimum Gasteiger partial charge on any atom is -0.440 e. The Kier molecular flexibility index (Phi) is 5.10. The number of aromatic nitrogens is 1. The van der Waals surface area contributed by atoms with Gasteiger partial charge in [0.25, 0.3) is 5.91 Å². The van der Waals surface area contributed by atoms with Crippen LogP contribution in [0.5, 0.6) is 0 Å². The molecule has 1 atom stereocenters. The summed E-state index contributed by atoms with van der Waals surface area (Å²) in [7, 11) is 0. The molecule has 4 rings (SSSR count). The summed E-state index contributed by atoms with van der Waals surface area (Å²) in [5.41, 5.74) is 2.22. The molecule has 6 heteroatoms. The number of likely N-dealkylation sites (tertiary alicyclic amines) is 1. The van der Waals surface area contributed by atoms with Crippen LogP contribution in [0.3, 0.4) is 0 Å². The molecular formula is C22H23N3O3. The number of benzene rings is 2. The van der Waals surface area contributed by atoms with E-state index in [-0.39, 0.29) is 17.7 Å². The molecule has 2 aromatic carbocycles. The Morgan fingerprint density at radius 3 is 2.46 bits per heavy atom. The maximum Gasteiger partial charge on any atom is 0.251 e. The molecule has 0 bridgehead atoms. The minimum atomic E-state index is -0.561. The van der Waals surface area contributed by atoms with Gasteiger partial charge < -0.3 is 14.6 Å². The first-order chi connectivity index (χ1) is 13.6. The van der Waals surface area contributed by atoms with Gasteiger partial charge in [-0.1, -0.05) is 30.3 Å². The van der Waals surface area contributed by atoms with Gasteiger partial charge in [-0.25, -0.2) is 4.98 Å². The number of carbonyl (C=O) groups excluding carboxylic acids is 2. The van der Waals surface area contributed by atoms with Crippen molar-refractivity contribution in [3.8, 4) is 0 Å². The second-order valence-corrected chi connectivity index (χ2v) is 7.18. The Balaban J connectivity index is 1.33. The van der Waals surface area contributed by atoms with E-state index >= 15 is 0 Å². The molecule has 3 aromatic rings. The summed E-state index contributed by atoms with van der Waals surface area (Å²) in [5.74, 6) is 0.674. The van der Waals surface area contributed by atoms with Crippen molar-refractivity contribution in [3.05, 3.63) is 66.1 Å². The smallest absolute Gasteiger partial charge is 0.251 e. The van der Waals surface area contributed by atoms with Gasteiger partial charge in [0.1, 0.15) is 11.6 Å². The molecule has 0 radical (unpaired) electrons. The summed E-state index contributed by atoms with van der Waals surface area (Å²) in [6.07, 6.45) is 1.61. The Labute approximate surface area is 163 Å². The SMILES string of the molecule is C[C@H](NC(=O)c1ccccc1)C(=O)N1CCC(c2nc3ccccc3o2)CC1. The largest absolute Gasteiger partial charge is 0.440 e. The summed E-state index contributed by atoms with van der Waals surface area (Å²) in [6, 6.07) is 16.1. The van der Waals surface area contributed by atoms with Crippen molar-refractivity contribution in [2.45, 2.75) is 31.7 Å². The number of nitrogens with zero attached hydrogens (tertiary/aromatic N) is 2. The molecule has 0 unspecified atom stereocenters. The molecule has 0 aliphatic carbocycles. The second kappa shape index (κ2) is 7.84. The Bertz CT molecular complexity index is 942. The van der Waals surface area contributed by atoms with Gasteiger partial charge in [0.2, 0.25) is 5.91 Å². The zero-order valence-electron chi connectivity index (χ0n) is 15.8. The molecule has 1 aliphatic heterocycles. The molecular weight excluding hydrogens is 354 g/mol. The number of piperidine rings is 1. The third kappa shape index (κ3) is 3.76. The van der Waals surface area contributed by atoms with Crippen molar-refractivity contribution in [2.24, 2.45) is 0 Å². The van der Waals surface area contributed by atoms with E-state index in [0.717, 1.165) is 29.8 Å². The fourth-order valence-corrected chi connectivity index (χ4v) is 3.62. The number of fused-ring (bicyclic) bond motifs is 1. The van der Waals surface area contributed by atoms with Crippen LogP contribution in [0.2, 0.25) is 0 Å². The molecule has 28 heavy (non-hydrogen) atoms. The average molecular weight is 377 g/mol. The number of hydrogen-bond donors (Lipinski definition) is 1. The highest BCUT2D eigenvalue weighted by Gasteiger charge is 2.29. The van der Waals surface area contributed by atoms with E-state index in [0.29, 0.717) is 18.7 Å². The van der Waals surface area contributed by atoms with Crippen LogP contribution >= 0.6 is 0 Å². The predicted molar refractivity (Wildman–Crippen MR) is 106 cm³/mol. The summed E-state index contributed by atoms with van der Waals surface area (Å²) in [6.45, 7) is 3.00. The highest BCUT2D eigenvalue weighted by Crippen LogP contribution is 2.30. The van der Waals surface area contributed by atoms with E-state index < -0.39 is 6.04 Å². The van der Waals surface area contributed by atoms with Gasteiger partial charge in [0.05, 0.1) is 0 Å². The van der Waals surface area contributed by atoms with Gasteiger partial charge >= 0.3 is 0 Å². The fraction of sp³-hybridized carbons (Fsp3) is 0.318. The lowest BCUT2D eigenvalue weighted by atomic mass is 9.96. The third-order valence-corrected chi connectivity index (χ3v) is 5.22. The summed E-state index contributed by atoms with van der Waals surface area (Å²) >= 11 is 0. The summed E-state index contributed by atoms with van der Waals surface area (Å²) < 4.78 is 5.88. The Hall–Kier alpha value is -3.15. The van der Waals surface area contributed by atoms with Crippen LogP contribution in [0.25, 0.3) is 11.1 Å². The maximum atomic E-state index is 12.7.